The fraction of sp³-hybridized carbons (Fsp3) is 0.409. The minimum absolute atomic E-state index is 0.0296. The van der Waals surface area contributed by atoms with Crippen LogP contribution in [0.3, 0.4) is 0 Å². The van der Waals surface area contributed by atoms with Gasteiger partial charge in [-0.3, -0.25) is 9.36 Å². The summed E-state index contributed by atoms with van der Waals surface area (Å²) in [5.74, 6) is 1.91. The summed E-state index contributed by atoms with van der Waals surface area (Å²) >= 11 is 0. The highest BCUT2D eigenvalue weighted by molar-refractivity contribution is 5.96. The normalized spacial score (nSPS) is 16.4. The molecule has 0 bridgehead atoms. The number of anilines is 1. The Morgan fingerprint density at radius 2 is 2.13 bits per heavy atom. The first-order valence-electron chi connectivity index (χ1n) is 10.2. The molecule has 2 aliphatic rings. The van der Waals surface area contributed by atoms with E-state index in [-0.39, 0.29) is 11.8 Å². The number of imidazole rings is 1. The lowest BCUT2D eigenvalue weighted by Crippen LogP contribution is -2.38. The Bertz CT molecular complexity index is 1070. The van der Waals surface area contributed by atoms with Crippen molar-refractivity contribution in [3.63, 3.8) is 0 Å². The van der Waals surface area contributed by atoms with Gasteiger partial charge in [0.25, 0.3) is 0 Å². The Hall–Kier alpha value is -2.97. The van der Waals surface area contributed by atoms with Gasteiger partial charge in [0.05, 0.1) is 36.9 Å². The summed E-state index contributed by atoms with van der Waals surface area (Å²) < 4.78 is 18.2. The van der Waals surface area contributed by atoms with Crippen LogP contribution in [-0.2, 0) is 14.3 Å². The van der Waals surface area contributed by atoms with Crippen molar-refractivity contribution in [1.29, 1.82) is 0 Å². The Balaban J connectivity index is 1.47. The molecule has 0 atom stereocenters. The zero-order valence-corrected chi connectivity index (χ0v) is 16.8. The molecule has 3 heterocycles. The number of rotatable bonds is 8. The minimum atomic E-state index is -0.0828. The number of carbonyl (C=O) groups is 1. The van der Waals surface area contributed by atoms with E-state index in [1.54, 1.807) is 13.4 Å². The van der Waals surface area contributed by atoms with Gasteiger partial charge in [-0.1, -0.05) is 0 Å². The van der Waals surface area contributed by atoms with Gasteiger partial charge in [0, 0.05) is 36.4 Å². The molecule has 1 aliphatic heterocycles. The molecule has 0 spiro atoms. The molecule has 5 rings (SSSR count). The third kappa shape index (κ3) is 3.88. The average molecular weight is 408 g/mol. The van der Waals surface area contributed by atoms with Gasteiger partial charge in [0.15, 0.2) is 0 Å². The zero-order valence-electron chi connectivity index (χ0n) is 16.8. The van der Waals surface area contributed by atoms with Gasteiger partial charge in [0.1, 0.15) is 24.5 Å². The lowest BCUT2D eigenvalue weighted by molar-refractivity contribution is -0.133. The number of carbonyl (C=O) groups excluding carboxylic acids is 1. The van der Waals surface area contributed by atoms with Crippen LogP contribution in [0.5, 0.6) is 5.75 Å². The second kappa shape index (κ2) is 8.04. The van der Waals surface area contributed by atoms with Gasteiger partial charge in [-0.15, -0.1) is 0 Å². The predicted molar refractivity (Wildman–Crippen MR) is 111 cm³/mol. The molecule has 2 fully saturated rings. The lowest BCUT2D eigenvalue weighted by atomic mass is 10.1. The molecule has 2 aromatic heterocycles. The molecule has 3 aromatic rings. The maximum Gasteiger partial charge on any atom is 0.232 e. The van der Waals surface area contributed by atoms with Gasteiger partial charge in [-0.05, 0) is 31.0 Å². The van der Waals surface area contributed by atoms with Gasteiger partial charge in [-0.25, -0.2) is 9.97 Å². The quantitative estimate of drug-likeness (QED) is 0.577. The summed E-state index contributed by atoms with van der Waals surface area (Å²) in [5.41, 5.74) is 2.60. The summed E-state index contributed by atoms with van der Waals surface area (Å²) in [6, 6.07) is 7.56. The van der Waals surface area contributed by atoms with Crippen molar-refractivity contribution in [3.8, 4) is 11.6 Å². The van der Waals surface area contributed by atoms with Crippen molar-refractivity contribution in [2.24, 2.45) is 5.92 Å². The molecule has 0 radical (unpaired) electrons. The van der Waals surface area contributed by atoms with Crippen LogP contribution in [0.25, 0.3) is 16.7 Å². The Morgan fingerprint density at radius 1 is 1.27 bits per heavy atom. The SMILES string of the molecule is COCCOc1cc(-n2cnc(C3CC3)c2)nc2ccc(NC(=O)C3COC3)cc12. The number of pyridine rings is 1. The first-order chi connectivity index (χ1) is 14.7. The van der Waals surface area contributed by atoms with E-state index in [9.17, 15) is 4.79 Å². The van der Waals surface area contributed by atoms with Crippen molar-refractivity contribution < 1.29 is 19.0 Å². The van der Waals surface area contributed by atoms with Crippen molar-refractivity contribution in [3.05, 3.63) is 42.5 Å². The maximum absolute atomic E-state index is 12.3. The van der Waals surface area contributed by atoms with Crippen LogP contribution in [-0.4, -0.2) is 54.0 Å². The van der Waals surface area contributed by atoms with Crippen molar-refractivity contribution >= 4 is 22.5 Å². The standard InChI is InChI=1S/C22H24N4O4/c1-28-6-7-30-20-9-21(26-10-19(23-13-26)14-2-3-14)25-18-5-4-16(8-17(18)20)24-22(27)15-11-29-12-15/h4-5,8-10,13-15H,2-3,6-7,11-12H2,1H3,(H,24,27). The number of methoxy groups -OCH3 is 1. The number of benzene rings is 1. The Labute approximate surface area is 174 Å². The molecule has 1 amide bonds. The van der Waals surface area contributed by atoms with E-state index >= 15 is 0 Å². The van der Waals surface area contributed by atoms with Gasteiger partial charge >= 0.3 is 0 Å². The fourth-order valence-electron chi connectivity index (χ4n) is 3.43. The van der Waals surface area contributed by atoms with Crippen LogP contribution < -0.4 is 10.1 Å². The van der Waals surface area contributed by atoms with Crippen molar-refractivity contribution in [2.75, 3.05) is 38.9 Å². The Morgan fingerprint density at radius 3 is 2.87 bits per heavy atom. The van der Waals surface area contributed by atoms with Crippen molar-refractivity contribution in [1.82, 2.24) is 14.5 Å². The van der Waals surface area contributed by atoms with Crippen LogP contribution >= 0.6 is 0 Å². The number of amides is 1. The molecular formula is C22H24N4O4. The lowest BCUT2D eigenvalue weighted by Gasteiger charge is -2.24. The van der Waals surface area contributed by atoms with E-state index in [1.807, 2.05) is 35.0 Å². The molecule has 156 valence electrons. The second-order valence-electron chi connectivity index (χ2n) is 7.76. The molecule has 0 unspecified atom stereocenters. The van der Waals surface area contributed by atoms with E-state index in [0.29, 0.717) is 43.8 Å². The topological polar surface area (TPSA) is 87.5 Å². The molecule has 8 nitrogen and oxygen atoms in total. The number of nitrogens with zero attached hydrogens (tertiary/aromatic N) is 3. The number of hydrogen-bond donors (Lipinski definition) is 1. The zero-order chi connectivity index (χ0) is 20.5. The molecule has 30 heavy (non-hydrogen) atoms. The summed E-state index contributed by atoms with van der Waals surface area (Å²) in [6.45, 7) is 1.85. The first kappa shape index (κ1) is 19.0. The summed E-state index contributed by atoms with van der Waals surface area (Å²) in [7, 11) is 1.64. The van der Waals surface area contributed by atoms with Crippen LogP contribution in [0, 0.1) is 5.92 Å². The van der Waals surface area contributed by atoms with E-state index in [1.165, 1.54) is 12.8 Å². The molecular weight excluding hydrogens is 384 g/mol. The van der Waals surface area contributed by atoms with Gasteiger partial charge < -0.3 is 19.5 Å². The van der Waals surface area contributed by atoms with Crippen LogP contribution in [0.1, 0.15) is 24.5 Å². The third-order valence-corrected chi connectivity index (χ3v) is 5.44. The fourth-order valence-corrected chi connectivity index (χ4v) is 3.43. The molecule has 1 saturated heterocycles. The smallest absolute Gasteiger partial charge is 0.232 e. The monoisotopic (exact) mass is 408 g/mol. The van der Waals surface area contributed by atoms with Crippen molar-refractivity contribution in [2.45, 2.75) is 18.8 Å². The Kier molecular flexibility index (Phi) is 5.10. The number of fused-ring (bicyclic) bond motifs is 1. The third-order valence-electron chi connectivity index (χ3n) is 5.44. The average Bonchev–Trinajstić information content (AvgIpc) is 3.43. The highest BCUT2D eigenvalue weighted by Crippen LogP contribution is 2.39. The largest absolute Gasteiger partial charge is 0.490 e. The molecule has 1 saturated carbocycles. The molecule has 8 heteroatoms. The second-order valence-corrected chi connectivity index (χ2v) is 7.76. The number of hydrogen-bond acceptors (Lipinski definition) is 6. The first-order valence-corrected chi connectivity index (χ1v) is 10.2. The predicted octanol–water partition coefficient (Wildman–Crippen LogP) is 2.91. The number of aromatic nitrogens is 3. The summed E-state index contributed by atoms with van der Waals surface area (Å²) in [4.78, 5) is 21.6. The van der Waals surface area contributed by atoms with E-state index in [4.69, 9.17) is 19.2 Å². The molecule has 1 N–H and O–H groups in total. The van der Waals surface area contributed by atoms with E-state index < -0.39 is 0 Å². The van der Waals surface area contributed by atoms with Gasteiger partial charge in [0.2, 0.25) is 5.91 Å². The molecule has 1 aliphatic carbocycles. The number of ether oxygens (including phenoxy) is 3. The number of nitrogens with one attached hydrogen (secondary N) is 1. The highest BCUT2D eigenvalue weighted by atomic mass is 16.5. The van der Waals surface area contributed by atoms with Crippen LogP contribution in [0.15, 0.2) is 36.8 Å². The van der Waals surface area contributed by atoms with Crippen LogP contribution in [0.2, 0.25) is 0 Å². The summed E-state index contributed by atoms with van der Waals surface area (Å²) in [6.07, 6.45) is 6.25. The van der Waals surface area contributed by atoms with Crippen LogP contribution in [0.4, 0.5) is 5.69 Å². The molecule has 1 aromatic carbocycles. The highest BCUT2D eigenvalue weighted by Gasteiger charge is 2.27. The van der Waals surface area contributed by atoms with E-state index in [0.717, 1.165) is 22.4 Å². The maximum atomic E-state index is 12.3. The van der Waals surface area contributed by atoms with E-state index in [2.05, 4.69) is 10.3 Å². The summed E-state index contributed by atoms with van der Waals surface area (Å²) in [5, 5.41) is 3.79. The minimum Gasteiger partial charge on any atom is -0.490 e. The van der Waals surface area contributed by atoms with Gasteiger partial charge in [-0.2, -0.15) is 0 Å².